The average molecular weight is 444 g/mol. The Morgan fingerprint density at radius 3 is 2.44 bits per heavy atom. The van der Waals surface area contributed by atoms with Gasteiger partial charge in [-0.15, -0.1) is 0 Å². The monoisotopic (exact) mass is 443 g/mol. The van der Waals surface area contributed by atoms with Crippen molar-refractivity contribution in [3.8, 4) is 0 Å². The summed E-state index contributed by atoms with van der Waals surface area (Å²) in [7, 11) is 0. The molecule has 1 saturated carbocycles. The van der Waals surface area contributed by atoms with Gasteiger partial charge < -0.3 is 16.3 Å². The van der Waals surface area contributed by atoms with Crippen LogP contribution in [0.4, 0.5) is 4.79 Å². The predicted molar refractivity (Wildman–Crippen MR) is 116 cm³/mol. The minimum Gasteiger partial charge on any atom is -0.481 e. The lowest BCUT2D eigenvalue weighted by molar-refractivity contribution is -0.165. The Kier molecular flexibility index (Phi) is 6.81. The molecule has 4 N–H and O–H groups in total. The van der Waals surface area contributed by atoms with Gasteiger partial charge in [0.05, 0.1) is 18.7 Å². The maximum Gasteiger partial charge on any atom is 0.344 e. The fraction of sp³-hybridized carbons (Fsp3) is 0.500. The summed E-state index contributed by atoms with van der Waals surface area (Å²) < 4.78 is 0. The van der Waals surface area contributed by atoms with Crippen LogP contribution in [-0.2, 0) is 19.9 Å². The van der Waals surface area contributed by atoms with Crippen molar-refractivity contribution in [2.24, 2.45) is 16.9 Å². The number of urea groups is 1. The third kappa shape index (κ3) is 4.44. The number of carbonyl (C=O) groups is 4. The zero-order chi connectivity index (χ0) is 23.5. The van der Waals surface area contributed by atoms with E-state index in [2.05, 4.69) is 10.4 Å². The Labute approximate surface area is 186 Å². The fourth-order valence-corrected chi connectivity index (χ4v) is 4.68. The van der Waals surface area contributed by atoms with E-state index in [0.29, 0.717) is 5.56 Å². The standard InChI is InChI=1S/C22H29N5O5/c1-14(28)26(18(12-19(29)30)16-6-4-3-5-7-16)27-20(31)22(2,25-21(27)32)17-10-8-15(9-11-17)13-24-23/h8-11,13,16,18H,3-7,12,23H2,1-2H3,(H,25,32)(H,29,30)/t18-,22-/m1/s1. The van der Waals surface area contributed by atoms with Crippen LogP contribution in [0.25, 0.3) is 0 Å². The molecular formula is C22H29N5O5. The number of rotatable bonds is 7. The number of aliphatic carboxylic acids is 1. The number of hydrogen-bond acceptors (Lipinski definition) is 6. The van der Waals surface area contributed by atoms with Crippen LogP contribution in [0.5, 0.6) is 0 Å². The SMILES string of the molecule is CC(=O)N([C@H](CC(=O)O)C1CCCCC1)N1C(=O)N[C@](C)(c2ccc(C=NN)cc2)C1=O. The molecule has 1 aromatic carbocycles. The number of hydrogen-bond donors (Lipinski definition) is 3. The summed E-state index contributed by atoms with van der Waals surface area (Å²) in [5.74, 6) is 2.79. The van der Waals surface area contributed by atoms with E-state index in [9.17, 15) is 24.3 Å². The molecule has 2 aliphatic rings. The van der Waals surface area contributed by atoms with Gasteiger partial charge in [0.15, 0.2) is 0 Å². The molecule has 4 amide bonds. The van der Waals surface area contributed by atoms with Crippen molar-refractivity contribution in [2.45, 2.75) is 64.0 Å². The number of carbonyl (C=O) groups excluding carboxylic acids is 3. The molecule has 172 valence electrons. The van der Waals surface area contributed by atoms with Gasteiger partial charge in [-0.25, -0.2) is 9.80 Å². The number of carboxylic acids is 1. The second-order valence-corrected chi connectivity index (χ2v) is 8.50. The first kappa shape index (κ1) is 23.2. The number of nitrogens with two attached hydrogens (primary N) is 1. The van der Waals surface area contributed by atoms with E-state index in [1.165, 1.54) is 13.1 Å². The Bertz CT molecular complexity index is 925. The minimum atomic E-state index is -1.41. The van der Waals surface area contributed by atoms with Gasteiger partial charge in [0.2, 0.25) is 5.91 Å². The first-order valence-electron chi connectivity index (χ1n) is 10.7. The third-order valence-corrected chi connectivity index (χ3v) is 6.31. The maximum atomic E-state index is 13.5. The lowest BCUT2D eigenvalue weighted by Gasteiger charge is -2.40. The number of imide groups is 1. The number of carboxylic acid groups (broad SMARTS) is 1. The minimum absolute atomic E-state index is 0.106. The highest BCUT2D eigenvalue weighted by molar-refractivity contribution is 6.08. The van der Waals surface area contributed by atoms with E-state index in [0.717, 1.165) is 47.7 Å². The third-order valence-electron chi connectivity index (χ3n) is 6.31. The zero-order valence-corrected chi connectivity index (χ0v) is 18.3. The van der Waals surface area contributed by atoms with Gasteiger partial charge in [-0.05, 0) is 36.8 Å². The molecule has 0 radical (unpaired) electrons. The van der Waals surface area contributed by atoms with Crippen LogP contribution in [-0.4, -0.2) is 51.2 Å². The quantitative estimate of drug-likeness (QED) is 0.254. The molecule has 0 aromatic heterocycles. The van der Waals surface area contributed by atoms with Crippen LogP contribution in [0.1, 0.15) is 63.5 Å². The number of nitrogens with zero attached hydrogens (tertiary/aromatic N) is 3. The van der Waals surface area contributed by atoms with Crippen molar-refractivity contribution in [1.82, 2.24) is 15.3 Å². The summed E-state index contributed by atoms with van der Waals surface area (Å²) in [4.78, 5) is 50.8. The Morgan fingerprint density at radius 2 is 1.91 bits per heavy atom. The summed E-state index contributed by atoms with van der Waals surface area (Å²) in [5.41, 5.74) is -0.176. The van der Waals surface area contributed by atoms with Crippen LogP contribution in [0.3, 0.4) is 0 Å². The summed E-state index contributed by atoms with van der Waals surface area (Å²) in [6, 6.07) is 5.21. The highest BCUT2D eigenvalue weighted by Gasteiger charge is 2.54. The Balaban J connectivity index is 1.96. The Hall–Kier alpha value is -3.43. The normalized spacial score (nSPS) is 22.8. The smallest absolute Gasteiger partial charge is 0.344 e. The summed E-state index contributed by atoms with van der Waals surface area (Å²) in [6.45, 7) is 2.80. The van der Waals surface area contributed by atoms with Crippen LogP contribution in [0.15, 0.2) is 29.4 Å². The van der Waals surface area contributed by atoms with Gasteiger partial charge in [0.25, 0.3) is 5.91 Å². The number of amides is 4. The van der Waals surface area contributed by atoms with Gasteiger partial charge in [-0.1, -0.05) is 43.5 Å². The zero-order valence-electron chi connectivity index (χ0n) is 18.3. The molecule has 10 nitrogen and oxygen atoms in total. The molecule has 1 aliphatic carbocycles. The molecule has 1 aliphatic heterocycles. The average Bonchev–Trinajstić information content (AvgIpc) is 2.98. The summed E-state index contributed by atoms with van der Waals surface area (Å²) in [6.07, 6.45) is 5.48. The Morgan fingerprint density at radius 1 is 1.28 bits per heavy atom. The second-order valence-electron chi connectivity index (χ2n) is 8.50. The van der Waals surface area contributed by atoms with Crippen molar-refractivity contribution in [2.75, 3.05) is 0 Å². The second kappa shape index (κ2) is 9.37. The lowest BCUT2D eigenvalue weighted by atomic mass is 9.82. The lowest BCUT2D eigenvalue weighted by Crippen LogP contribution is -2.57. The van der Waals surface area contributed by atoms with E-state index < -0.39 is 35.4 Å². The van der Waals surface area contributed by atoms with Crippen LogP contribution < -0.4 is 11.2 Å². The molecule has 0 bridgehead atoms. The molecule has 1 heterocycles. The number of benzene rings is 1. The van der Waals surface area contributed by atoms with Crippen molar-refractivity contribution in [3.05, 3.63) is 35.4 Å². The van der Waals surface area contributed by atoms with Crippen molar-refractivity contribution in [1.29, 1.82) is 0 Å². The highest BCUT2D eigenvalue weighted by atomic mass is 16.4. The fourth-order valence-electron chi connectivity index (χ4n) is 4.68. The first-order valence-corrected chi connectivity index (χ1v) is 10.7. The van der Waals surface area contributed by atoms with Gasteiger partial charge in [-0.2, -0.15) is 10.1 Å². The van der Waals surface area contributed by atoms with Crippen molar-refractivity contribution in [3.63, 3.8) is 0 Å². The van der Waals surface area contributed by atoms with Gasteiger partial charge >= 0.3 is 12.0 Å². The first-order chi connectivity index (χ1) is 15.2. The van der Waals surface area contributed by atoms with Crippen LogP contribution in [0, 0.1) is 5.92 Å². The van der Waals surface area contributed by atoms with E-state index >= 15 is 0 Å². The molecule has 1 saturated heterocycles. The molecule has 2 atom stereocenters. The topological polar surface area (TPSA) is 145 Å². The van der Waals surface area contributed by atoms with Gasteiger partial charge in [0.1, 0.15) is 5.54 Å². The number of nitrogens with one attached hydrogen (secondary N) is 1. The number of hydrazine groups is 1. The van der Waals surface area contributed by atoms with Gasteiger partial charge in [-0.3, -0.25) is 14.4 Å². The molecular weight excluding hydrogens is 414 g/mol. The van der Waals surface area contributed by atoms with E-state index in [4.69, 9.17) is 5.84 Å². The molecule has 1 aromatic rings. The summed E-state index contributed by atoms with van der Waals surface area (Å²) in [5, 5.41) is 17.5. The van der Waals surface area contributed by atoms with Gasteiger partial charge in [0, 0.05) is 6.92 Å². The van der Waals surface area contributed by atoms with E-state index in [-0.39, 0.29) is 12.3 Å². The van der Waals surface area contributed by atoms with E-state index in [1.54, 1.807) is 31.2 Å². The van der Waals surface area contributed by atoms with Crippen molar-refractivity contribution >= 4 is 30.0 Å². The highest BCUT2D eigenvalue weighted by Crippen LogP contribution is 2.35. The molecule has 0 spiro atoms. The van der Waals surface area contributed by atoms with Crippen LogP contribution >= 0.6 is 0 Å². The predicted octanol–water partition coefficient (Wildman–Crippen LogP) is 1.93. The van der Waals surface area contributed by atoms with Crippen LogP contribution in [0.2, 0.25) is 0 Å². The molecule has 0 unspecified atom stereocenters. The molecule has 32 heavy (non-hydrogen) atoms. The molecule has 3 rings (SSSR count). The van der Waals surface area contributed by atoms with Crippen molar-refractivity contribution < 1.29 is 24.3 Å². The largest absolute Gasteiger partial charge is 0.481 e. The molecule has 2 fully saturated rings. The maximum absolute atomic E-state index is 13.5. The molecule has 10 heteroatoms. The number of hydrazone groups is 1. The summed E-state index contributed by atoms with van der Waals surface area (Å²) >= 11 is 0. The van der Waals surface area contributed by atoms with E-state index in [1.807, 2.05) is 0 Å².